The van der Waals surface area contributed by atoms with Gasteiger partial charge in [-0.2, -0.15) is 5.10 Å². The van der Waals surface area contributed by atoms with Gasteiger partial charge in [-0.3, -0.25) is 4.68 Å². The van der Waals surface area contributed by atoms with Crippen LogP contribution in [0.15, 0.2) is 42.7 Å². The third-order valence-electron chi connectivity index (χ3n) is 4.20. The number of anilines is 1. The molecule has 0 bridgehead atoms. The van der Waals surface area contributed by atoms with Crippen LogP contribution in [0.2, 0.25) is 0 Å². The SMILES string of the molecule is CCN(C[C@@H]1CCCO1)C(=O)Nc1cccc(Cn2cccn2)c1. The molecule has 1 N–H and O–H groups in total. The fourth-order valence-corrected chi connectivity index (χ4v) is 2.92. The van der Waals surface area contributed by atoms with E-state index in [0.717, 1.165) is 30.7 Å². The molecule has 6 nitrogen and oxygen atoms in total. The Labute approximate surface area is 142 Å². The van der Waals surface area contributed by atoms with Gasteiger partial charge in [0.1, 0.15) is 0 Å². The first-order valence-corrected chi connectivity index (χ1v) is 8.48. The van der Waals surface area contributed by atoms with Gasteiger partial charge in [0, 0.05) is 37.8 Å². The second-order valence-corrected chi connectivity index (χ2v) is 6.01. The number of hydrogen-bond donors (Lipinski definition) is 1. The summed E-state index contributed by atoms with van der Waals surface area (Å²) in [4.78, 5) is 14.3. The number of nitrogens with zero attached hydrogens (tertiary/aromatic N) is 3. The highest BCUT2D eigenvalue weighted by Gasteiger charge is 2.21. The predicted octanol–water partition coefficient (Wildman–Crippen LogP) is 2.96. The van der Waals surface area contributed by atoms with Gasteiger partial charge >= 0.3 is 6.03 Å². The third kappa shape index (κ3) is 4.35. The Morgan fingerprint density at radius 2 is 2.38 bits per heavy atom. The molecule has 0 aliphatic carbocycles. The molecule has 1 saturated heterocycles. The second kappa shape index (κ2) is 7.97. The molecule has 1 aliphatic heterocycles. The maximum atomic E-state index is 12.5. The van der Waals surface area contributed by atoms with Gasteiger partial charge in [-0.1, -0.05) is 12.1 Å². The monoisotopic (exact) mass is 328 g/mol. The van der Waals surface area contributed by atoms with Crippen molar-refractivity contribution in [2.24, 2.45) is 0 Å². The number of benzene rings is 1. The molecule has 2 aromatic rings. The smallest absolute Gasteiger partial charge is 0.321 e. The average Bonchev–Trinajstić information content (AvgIpc) is 3.26. The lowest BCUT2D eigenvalue weighted by Gasteiger charge is -2.24. The molecular formula is C18H24N4O2. The van der Waals surface area contributed by atoms with Gasteiger partial charge in [-0.05, 0) is 43.5 Å². The van der Waals surface area contributed by atoms with Crippen LogP contribution in [0.5, 0.6) is 0 Å². The summed E-state index contributed by atoms with van der Waals surface area (Å²) in [5, 5.41) is 7.20. The molecule has 0 saturated carbocycles. The summed E-state index contributed by atoms with van der Waals surface area (Å²) in [5.41, 5.74) is 1.90. The van der Waals surface area contributed by atoms with E-state index >= 15 is 0 Å². The number of rotatable bonds is 6. The number of aromatic nitrogens is 2. The number of likely N-dealkylation sites (N-methyl/N-ethyl adjacent to an activating group) is 1. The molecule has 3 rings (SSSR count). The zero-order chi connectivity index (χ0) is 16.8. The lowest BCUT2D eigenvalue weighted by Crippen LogP contribution is -2.39. The van der Waals surface area contributed by atoms with Crippen LogP contribution < -0.4 is 5.32 Å². The van der Waals surface area contributed by atoms with Crippen molar-refractivity contribution in [3.05, 3.63) is 48.3 Å². The quantitative estimate of drug-likeness (QED) is 0.887. The number of hydrogen-bond acceptors (Lipinski definition) is 3. The van der Waals surface area contributed by atoms with Gasteiger partial charge in [0.15, 0.2) is 0 Å². The number of nitrogens with one attached hydrogen (secondary N) is 1. The molecular weight excluding hydrogens is 304 g/mol. The highest BCUT2D eigenvalue weighted by atomic mass is 16.5. The van der Waals surface area contributed by atoms with Gasteiger partial charge < -0.3 is 15.0 Å². The highest BCUT2D eigenvalue weighted by molar-refractivity contribution is 5.89. The summed E-state index contributed by atoms with van der Waals surface area (Å²) in [7, 11) is 0. The molecule has 1 aromatic heterocycles. The summed E-state index contributed by atoms with van der Waals surface area (Å²) in [5.74, 6) is 0. The fraction of sp³-hybridized carbons (Fsp3) is 0.444. The average molecular weight is 328 g/mol. The van der Waals surface area contributed by atoms with Gasteiger partial charge in [0.25, 0.3) is 0 Å². The summed E-state index contributed by atoms with van der Waals surface area (Å²) in [6, 6.07) is 9.69. The van der Waals surface area contributed by atoms with Gasteiger partial charge in [0.05, 0.1) is 12.6 Å². The van der Waals surface area contributed by atoms with Gasteiger partial charge in [0.2, 0.25) is 0 Å². The molecule has 6 heteroatoms. The molecule has 1 fully saturated rings. The van der Waals surface area contributed by atoms with Crippen molar-refractivity contribution in [1.29, 1.82) is 0 Å². The molecule has 0 spiro atoms. The molecule has 1 aliphatic rings. The minimum absolute atomic E-state index is 0.0794. The number of amides is 2. The third-order valence-corrected chi connectivity index (χ3v) is 4.20. The zero-order valence-electron chi connectivity index (χ0n) is 14.0. The van der Waals surface area contributed by atoms with Crippen molar-refractivity contribution < 1.29 is 9.53 Å². The number of carbonyl (C=O) groups excluding carboxylic acids is 1. The summed E-state index contributed by atoms with van der Waals surface area (Å²) < 4.78 is 7.49. The maximum Gasteiger partial charge on any atom is 0.321 e. The molecule has 24 heavy (non-hydrogen) atoms. The van der Waals surface area contributed by atoms with Crippen LogP contribution in [0, 0.1) is 0 Å². The van der Waals surface area contributed by atoms with Crippen molar-refractivity contribution in [1.82, 2.24) is 14.7 Å². The van der Waals surface area contributed by atoms with Crippen molar-refractivity contribution >= 4 is 11.7 Å². The topological polar surface area (TPSA) is 59.4 Å². The van der Waals surface area contributed by atoms with E-state index in [9.17, 15) is 4.79 Å². The largest absolute Gasteiger partial charge is 0.376 e. The molecule has 1 atom stereocenters. The minimum atomic E-state index is -0.0794. The van der Waals surface area contributed by atoms with Gasteiger partial charge in [-0.15, -0.1) is 0 Å². The van der Waals surface area contributed by atoms with Crippen molar-refractivity contribution in [3.63, 3.8) is 0 Å². The van der Waals surface area contributed by atoms with Crippen LogP contribution in [-0.4, -0.2) is 46.5 Å². The maximum absolute atomic E-state index is 12.5. The predicted molar refractivity (Wildman–Crippen MR) is 93.0 cm³/mol. The van der Waals surface area contributed by atoms with E-state index in [-0.39, 0.29) is 12.1 Å². The van der Waals surface area contributed by atoms with E-state index in [1.807, 2.05) is 48.1 Å². The standard InChI is InChI=1S/C18H24N4O2/c1-2-21(14-17-8-4-11-24-17)18(23)20-16-7-3-6-15(12-16)13-22-10-5-9-19-22/h3,5-7,9-10,12,17H,2,4,8,11,13-14H2,1H3,(H,20,23)/t17-/m0/s1. The van der Waals surface area contributed by atoms with Crippen molar-refractivity contribution in [2.75, 3.05) is 25.0 Å². The first-order valence-electron chi connectivity index (χ1n) is 8.48. The van der Waals surface area contributed by atoms with E-state index in [1.165, 1.54) is 0 Å². The molecule has 2 heterocycles. The van der Waals surface area contributed by atoms with E-state index in [0.29, 0.717) is 19.6 Å². The molecule has 1 aromatic carbocycles. The fourth-order valence-electron chi connectivity index (χ4n) is 2.92. The molecule has 0 radical (unpaired) electrons. The molecule has 0 unspecified atom stereocenters. The van der Waals surface area contributed by atoms with Crippen LogP contribution in [0.3, 0.4) is 0 Å². The Morgan fingerprint density at radius 3 is 3.08 bits per heavy atom. The summed E-state index contributed by atoms with van der Waals surface area (Å²) in [6.07, 6.45) is 5.96. The van der Waals surface area contributed by atoms with E-state index in [1.54, 1.807) is 11.1 Å². The Bertz CT molecular complexity index is 651. The Balaban J connectivity index is 1.60. The van der Waals surface area contributed by atoms with Crippen LogP contribution in [0.25, 0.3) is 0 Å². The number of carbonyl (C=O) groups is 1. The summed E-state index contributed by atoms with van der Waals surface area (Å²) in [6.45, 7) is 4.79. The van der Waals surface area contributed by atoms with Crippen LogP contribution in [0.4, 0.5) is 10.5 Å². The minimum Gasteiger partial charge on any atom is -0.376 e. The number of ether oxygens (including phenoxy) is 1. The van der Waals surface area contributed by atoms with E-state index in [2.05, 4.69) is 10.4 Å². The first kappa shape index (κ1) is 16.5. The van der Waals surface area contributed by atoms with E-state index in [4.69, 9.17) is 4.74 Å². The Hall–Kier alpha value is -2.34. The lowest BCUT2D eigenvalue weighted by atomic mass is 10.2. The number of urea groups is 1. The second-order valence-electron chi connectivity index (χ2n) is 6.01. The van der Waals surface area contributed by atoms with Gasteiger partial charge in [-0.25, -0.2) is 4.79 Å². The lowest BCUT2D eigenvalue weighted by molar-refractivity contribution is 0.0849. The van der Waals surface area contributed by atoms with Crippen molar-refractivity contribution in [2.45, 2.75) is 32.4 Å². The van der Waals surface area contributed by atoms with Crippen molar-refractivity contribution in [3.8, 4) is 0 Å². The van der Waals surface area contributed by atoms with Crippen LogP contribution >= 0.6 is 0 Å². The summed E-state index contributed by atoms with van der Waals surface area (Å²) >= 11 is 0. The van der Waals surface area contributed by atoms with Crippen LogP contribution in [-0.2, 0) is 11.3 Å². The molecule has 128 valence electrons. The Morgan fingerprint density at radius 1 is 1.46 bits per heavy atom. The van der Waals surface area contributed by atoms with Crippen LogP contribution in [0.1, 0.15) is 25.3 Å². The van der Waals surface area contributed by atoms with E-state index < -0.39 is 0 Å². The normalized spacial score (nSPS) is 17.0. The zero-order valence-corrected chi connectivity index (χ0v) is 14.0. The molecule has 2 amide bonds. The first-order chi connectivity index (χ1) is 11.7. The Kier molecular flexibility index (Phi) is 5.48. The highest BCUT2D eigenvalue weighted by Crippen LogP contribution is 2.16.